The summed E-state index contributed by atoms with van der Waals surface area (Å²) in [5, 5.41) is 0. The van der Waals surface area contributed by atoms with Crippen molar-refractivity contribution in [3.8, 4) is 0 Å². The number of hydrogen-bond acceptors (Lipinski definition) is 2. The van der Waals surface area contributed by atoms with Crippen molar-refractivity contribution in [2.45, 2.75) is 13.8 Å². The van der Waals surface area contributed by atoms with Crippen molar-refractivity contribution in [1.29, 1.82) is 0 Å². The van der Waals surface area contributed by atoms with Crippen LogP contribution < -0.4 is 0 Å². The highest BCUT2D eigenvalue weighted by atomic mass is 35.5. The SMILES string of the molecule is Cc1ccnc(C)n1.Cl.Cl. The summed E-state index contributed by atoms with van der Waals surface area (Å²) < 4.78 is 0. The van der Waals surface area contributed by atoms with Gasteiger partial charge in [0, 0.05) is 11.9 Å². The van der Waals surface area contributed by atoms with Crippen molar-refractivity contribution >= 4 is 24.8 Å². The Morgan fingerprint density at radius 1 is 1.20 bits per heavy atom. The molecule has 10 heavy (non-hydrogen) atoms. The smallest absolute Gasteiger partial charge is 0.125 e. The highest BCUT2D eigenvalue weighted by molar-refractivity contribution is 5.85. The lowest BCUT2D eigenvalue weighted by Gasteiger charge is -1.89. The van der Waals surface area contributed by atoms with E-state index in [1.807, 2.05) is 19.9 Å². The van der Waals surface area contributed by atoms with E-state index in [0.717, 1.165) is 11.5 Å². The van der Waals surface area contributed by atoms with E-state index in [0.29, 0.717) is 0 Å². The molecular formula is C6H10Cl2N2. The maximum absolute atomic E-state index is 4.06. The van der Waals surface area contributed by atoms with E-state index in [-0.39, 0.29) is 24.8 Å². The highest BCUT2D eigenvalue weighted by Gasteiger charge is 1.83. The first kappa shape index (κ1) is 12.3. The molecule has 0 aromatic carbocycles. The Morgan fingerprint density at radius 2 is 1.80 bits per heavy atom. The van der Waals surface area contributed by atoms with Gasteiger partial charge in [-0.15, -0.1) is 24.8 Å². The van der Waals surface area contributed by atoms with Crippen LogP contribution in [0.1, 0.15) is 11.5 Å². The van der Waals surface area contributed by atoms with Gasteiger partial charge in [0.1, 0.15) is 5.82 Å². The Hall–Kier alpha value is -0.340. The normalized spacial score (nSPS) is 7.40. The summed E-state index contributed by atoms with van der Waals surface area (Å²) in [7, 11) is 0. The van der Waals surface area contributed by atoms with Gasteiger partial charge in [-0.05, 0) is 19.9 Å². The monoisotopic (exact) mass is 180 g/mol. The minimum Gasteiger partial charge on any atom is -0.242 e. The molecule has 0 fully saturated rings. The second-order valence-electron chi connectivity index (χ2n) is 1.75. The second-order valence-corrected chi connectivity index (χ2v) is 1.75. The van der Waals surface area contributed by atoms with Gasteiger partial charge >= 0.3 is 0 Å². The van der Waals surface area contributed by atoms with Gasteiger partial charge in [-0.25, -0.2) is 9.97 Å². The lowest BCUT2D eigenvalue weighted by Crippen LogP contribution is -1.86. The predicted molar refractivity (Wildman–Crippen MR) is 46.0 cm³/mol. The Balaban J connectivity index is 0. The Labute approximate surface area is 72.9 Å². The van der Waals surface area contributed by atoms with Gasteiger partial charge in [0.25, 0.3) is 0 Å². The van der Waals surface area contributed by atoms with Crippen LogP contribution in [0.4, 0.5) is 0 Å². The molecule has 0 aliphatic carbocycles. The summed E-state index contributed by atoms with van der Waals surface area (Å²) in [4.78, 5) is 7.99. The zero-order valence-electron chi connectivity index (χ0n) is 5.87. The molecule has 0 saturated heterocycles. The largest absolute Gasteiger partial charge is 0.242 e. The number of rotatable bonds is 0. The van der Waals surface area contributed by atoms with Crippen molar-refractivity contribution in [3.05, 3.63) is 23.8 Å². The van der Waals surface area contributed by atoms with Crippen LogP contribution in [-0.2, 0) is 0 Å². The van der Waals surface area contributed by atoms with Crippen LogP contribution >= 0.6 is 24.8 Å². The molecule has 0 saturated carbocycles. The maximum atomic E-state index is 4.06. The maximum Gasteiger partial charge on any atom is 0.125 e. The van der Waals surface area contributed by atoms with E-state index in [9.17, 15) is 0 Å². The Bertz CT molecular complexity index is 174. The third kappa shape index (κ3) is 3.64. The van der Waals surface area contributed by atoms with E-state index < -0.39 is 0 Å². The van der Waals surface area contributed by atoms with Gasteiger partial charge in [-0.3, -0.25) is 0 Å². The lowest BCUT2D eigenvalue weighted by molar-refractivity contribution is 1.01. The second kappa shape index (κ2) is 5.45. The summed E-state index contributed by atoms with van der Waals surface area (Å²) >= 11 is 0. The van der Waals surface area contributed by atoms with E-state index in [1.165, 1.54) is 0 Å². The predicted octanol–water partition coefficient (Wildman–Crippen LogP) is 1.94. The molecule has 0 N–H and O–H groups in total. The van der Waals surface area contributed by atoms with Gasteiger partial charge in [0.15, 0.2) is 0 Å². The molecule has 1 rings (SSSR count). The van der Waals surface area contributed by atoms with Crippen molar-refractivity contribution in [2.24, 2.45) is 0 Å². The van der Waals surface area contributed by atoms with E-state index in [1.54, 1.807) is 6.20 Å². The van der Waals surface area contributed by atoms with Crippen LogP contribution in [-0.4, -0.2) is 9.97 Å². The van der Waals surface area contributed by atoms with Gasteiger partial charge in [0.05, 0.1) is 0 Å². The zero-order chi connectivity index (χ0) is 5.98. The first-order valence-corrected chi connectivity index (χ1v) is 2.55. The third-order valence-electron chi connectivity index (χ3n) is 0.915. The molecule has 2 nitrogen and oxygen atoms in total. The Kier molecular flexibility index (Phi) is 6.72. The fraction of sp³-hybridized carbons (Fsp3) is 0.333. The molecule has 4 heteroatoms. The zero-order valence-corrected chi connectivity index (χ0v) is 7.50. The van der Waals surface area contributed by atoms with E-state index >= 15 is 0 Å². The lowest BCUT2D eigenvalue weighted by atomic mass is 10.4. The standard InChI is InChI=1S/C6H8N2.2ClH/c1-5-3-4-7-6(2)8-5;;/h3-4H,1-2H3;2*1H. The van der Waals surface area contributed by atoms with E-state index in [4.69, 9.17) is 0 Å². The molecule has 1 aromatic rings. The summed E-state index contributed by atoms with van der Waals surface area (Å²) in [6, 6.07) is 1.88. The summed E-state index contributed by atoms with van der Waals surface area (Å²) in [5.74, 6) is 0.838. The highest BCUT2D eigenvalue weighted by Crippen LogP contribution is 1.88. The van der Waals surface area contributed by atoms with Crippen LogP contribution in [0.15, 0.2) is 12.3 Å². The van der Waals surface area contributed by atoms with Crippen molar-refractivity contribution in [2.75, 3.05) is 0 Å². The number of aromatic nitrogens is 2. The summed E-state index contributed by atoms with van der Waals surface area (Å²) in [6.45, 7) is 3.84. The topological polar surface area (TPSA) is 25.8 Å². The van der Waals surface area contributed by atoms with Gasteiger partial charge in [-0.2, -0.15) is 0 Å². The van der Waals surface area contributed by atoms with Crippen molar-refractivity contribution in [1.82, 2.24) is 9.97 Å². The molecule has 0 aliphatic rings. The fourth-order valence-corrected chi connectivity index (χ4v) is 0.574. The van der Waals surface area contributed by atoms with Crippen molar-refractivity contribution in [3.63, 3.8) is 0 Å². The van der Waals surface area contributed by atoms with Gasteiger partial charge < -0.3 is 0 Å². The average molecular weight is 181 g/mol. The van der Waals surface area contributed by atoms with Crippen LogP contribution in [0.2, 0.25) is 0 Å². The number of aryl methyl sites for hydroxylation is 2. The van der Waals surface area contributed by atoms with E-state index in [2.05, 4.69) is 9.97 Å². The molecule has 58 valence electrons. The van der Waals surface area contributed by atoms with Crippen LogP contribution in [0.3, 0.4) is 0 Å². The molecule has 0 atom stereocenters. The van der Waals surface area contributed by atoms with Crippen LogP contribution in [0.5, 0.6) is 0 Å². The summed E-state index contributed by atoms with van der Waals surface area (Å²) in [6.07, 6.45) is 1.76. The number of nitrogens with zero attached hydrogens (tertiary/aromatic N) is 2. The van der Waals surface area contributed by atoms with Gasteiger partial charge in [-0.1, -0.05) is 0 Å². The molecular weight excluding hydrogens is 171 g/mol. The molecule has 0 unspecified atom stereocenters. The minimum absolute atomic E-state index is 0. The fourth-order valence-electron chi connectivity index (χ4n) is 0.574. The molecule has 0 amide bonds. The molecule has 1 aromatic heterocycles. The Morgan fingerprint density at radius 3 is 2.10 bits per heavy atom. The molecule has 0 bridgehead atoms. The molecule has 1 heterocycles. The van der Waals surface area contributed by atoms with Crippen LogP contribution in [0, 0.1) is 13.8 Å². The first-order valence-electron chi connectivity index (χ1n) is 2.55. The van der Waals surface area contributed by atoms with Crippen molar-refractivity contribution < 1.29 is 0 Å². The molecule has 0 radical (unpaired) electrons. The first-order chi connectivity index (χ1) is 3.79. The van der Waals surface area contributed by atoms with Gasteiger partial charge in [0.2, 0.25) is 0 Å². The van der Waals surface area contributed by atoms with Crippen LogP contribution in [0.25, 0.3) is 0 Å². The molecule has 0 spiro atoms. The minimum atomic E-state index is 0. The third-order valence-corrected chi connectivity index (χ3v) is 0.915. The summed E-state index contributed by atoms with van der Waals surface area (Å²) in [5.41, 5.74) is 1.03. The number of hydrogen-bond donors (Lipinski definition) is 0. The average Bonchev–Trinajstić information content (AvgIpc) is 1.64. The number of halogens is 2. The molecule has 0 aliphatic heterocycles. The quantitative estimate of drug-likeness (QED) is 0.611.